The highest BCUT2D eigenvalue weighted by molar-refractivity contribution is 14.1. The summed E-state index contributed by atoms with van der Waals surface area (Å²) in [5, 5.41) is 0. The average molecular weight is 514 g/mol. The molecule has 0 atom stereocenters. The van der Waals surface area contributed by atoms with Gasteiger partial charge in [-0.2, -0.15) is 0 Å². The molecule has 0 fully saturated rings. The summed E-state index contributed by atoms with van der Waals surface area (Å²) in [5.74, 6) is -0.273. The normalized spacial score (nSPS) is 9.85. The van der Waals surface area contributed by atoms with E-state index < -0.39 is 0 Å². The molecule has 0 heterocycles. The maximum Gasteiger partial charge on any atom is 0.340 e. The monoisotopic (exact) mass is 514 g/mol. The maximum atomic E-state index is 11.3. The molecule has 0 unspecified atom stereocenters. The van der Waals surface area contributed by atoms with Crippen molar-refractivity contribution in [3.63, 3.8) is 0 Å². The average Bonchev–Trinajstić information content (AvgIpc) is 2.02. The predicted molar refractivity (Wildman–Crippen MR) is 75.9 cm³/mol. The van der Waals surface area contributed by atoms with Crippen LogP contribution in [0, 0.1) is 10.7 Å². The topological polar surface area (TPSA) is 26.3 Å². The molecule has 1 aromatic rings. The quantitative estimate of drug-likeness (QED) is 0.426. The van der Waals surface area contributed by atoms with E-state index in [1.807, 2.05) is 12.1 Å². The van der Waals surface area contributed by atoms with Crippen molar-refractivity contribution in [2.75, 3.05) is 7.11 Å². The van der Waals surface area contributed by atoms with E-state index in [1.54, 1.807) is 0 Å². The first kappa shape index (κ1) is 12.0. The Hall–Kier alpha value is 0.880. The Morgan fingerprint density at radius 3 is 2.08 bits per heavy atom. The van der Waals surface area contributed by atoms with E-state index in [-0.39, 0.29) is 5.97 Å². The van der Waals surface area contributed by atoms with Crippen molar-refractivity contribution in [3.05, 3.63) is 28.4 Å². The molecule has 2 nitrogen and oxygen atoms in total. The number of methoxy groups -OCH3 is 1. The molecule has 1 rings (SSSR count). The second-order valence-electron chi connectivity index (χ2n) is 2.24. The molecule has 0 aliphatic carbocycles. The van der Waals surface area contributed by atoms with Gasteiger partial charge in [0.25, 0.3) is 0 Å². The minimum atomic E-state index is -0.273. The highest BCUT2D eigenvalue weighted by Gasteiger charge is 2.14. The number of benzene rings is 1. The largest absolute Gasteiger partial charge is 0.465 e. The summed E-state index contributed by atoms with van der Waals surface area (Å²) >= 11 is 6.50. The van der Waals surface area contributed by atoms with E-state index in [4.69, 9.17) is 0 Å². The third-order valence-corrected chi connectivity index (χ3v) is 3.72. The lowest BCUT2D eigenvalue weighted by molar-refractivity contribution is 0.0598. The minimum absolute atomic E-state index is 0.273. The van der Waals surface area contributed by atoms with Gasteiger partial charge in [0, 0.05) is 10.7 Å². The fourth-order valence-corrected chi connectivity index (χ4v) is 4.86. The number of hydrogen-bond acceptors (Lipinski definition) is 2. The Morgan fingerprint density at radius 1 is 1.23 bits per heavy atom. The van der Waals surface area contributed by atoms with Gasteiger partial charge in [-0.05, 0) is 79.9 Å². The molecule has 0 radical (unpaired) electrons. The van der Waals surface area contributed by atoms with Gasteiger partial charge < -0.3 is 4.74 Å². The van der Waals surface area contributed by atoms with Crippen molar-refractivity contribution in [2.24, 2.45) is 0 Å². The fraction of sp³-hybridized carbons (Fsp3) is 0.125. The second kappa shape index (κ2) is 5.10. The molecule has 0 saturated carbocycles. The molecule has 0 aromatic heterocycles. The lowest BCUT2D eigenvalue weighted by atomic mass is 10.2. The van der Waals surface area contributed by atoms with Crippen molar-refractivity contribution in [1.29, 1.82) is 0 Å². The van der Waals surface area contributed by atoms with Gasteiger partial charge in [0.2, 0.25) is 0 Å². The van der Waals surface area contributed by atoms with Crippen molar-refractivity contribution in [3.8, 4) is 0 Å². The summed E-state index contributed by atoms with van der Waals surface area (Å²) in [6.45, 7) is 0. The van der Waals surface area contributed by atoms with Gasteiger partial charge in [0.1, 0.15) is 0 Å². The van der Waals surface area contributed by atoms with Crippen LogP contribution < -0.4 is 0 Å². The Kier molecular flexibility index (Phi) is 4.69. The fourth-order valence-electron chi connectivity index (χ4n) is 0.839. The highest BCUT2D eigenvalue weighted by Crippen LogP contribution is 2.23. The Morgan fingerprint density at radius 2 is 1.69 bits per heavy atom. The summed E-state index contributed by atoms with van der Waals surface area (Å²) in [6.07, 6.45) is 0. The van der Waals surface area contributed by atoms with Crippen molar-refractivity contribution < 1.29 is 9.53 Å². The standard InChI is InChI=1S/C8H5I3O2/c1-13-8(12)7-5(10)2-4(9)3-6(7)11/h2-3H,1H3. The molecular weight excluding hydrogens is 509 g/mol. The van der Waals surface area contributed by atoms with Gasteiger partial charge >= 0.3 is 5.97 Å². The number of hydrogen-bond donors (Lipinski definition) is 0. The predicted octanol–water partition coefficient (Wildman–Crippen LogP) is 3.29. The van der Waals surface area contributed by atoms with Crippen LogP contribution in [0.5, 0.6) is 0 Å². The van der Waals surface area contributed by atoms with Crippen LogP contribution in [0.25, 0.3) is 0 Å². The molecule has 0 bridgehead atoms. The first-order valence-electron chi connectivity index (χ1n) is 3.29. The van der Waals surface area contributed by atoms with E-state index in [1.165, 1.54) is 7.11 Å². The number of halogens is 3. The molecule has 0 spiro atoms. The summed E-state index contributed by atoms with van der Waals surface area (Å²) < 4.78 is 7.67. The van der Waals surface area contributed by atoms with Gasteiger partial charge in [0.15, 0.2) is 0 Å². The first-order chi connectivity index (χ1) is 6.06. The van der Waals surface area contributed by atoms with Crippen molar-refractivity contribution in [1.82, 2.24) is 0 Å². The number of carbonyl (C=O) groups excluding carboxylic acids is 1. The van der Waals surface area contributed by atoms with Gasteiger partial charge in [-0.15, -0.1) is 0 Å². The summed E-state index contributed by atoms with van der Waals surface area (Å²) in [5.41, 5.74) is 0.657. The zero-order chi connectivity index (χ0) is 10.0. The molecule has 0 amide bonds. The van der Waals surface area contributed by atoms with E-state index in [2.05, 4.69) is 72.5 Å². The van der Waals surface area contributed by atoms with Gasteiger partial charge in [0.05, 0.1) is 12.7 Å². The van der Waals surface area contributed by atoms with E-state index in [0.29, 0.717) is 5.56 Å². The molecule has 1 aromatic carbocycles. The number of ether oxygens (including phenoxy) is 1. The molecule has 0 aliphatic heterocycles. The van der Waals surface area contributed by atoms with Crippen LogP contribution in [-0.4, -0.2) is 13.1 Å². The lowest BCUT2D eigenvalue weighted by Gasteiger charge is -2.05. The SMILES string of the molecule is COC(=O)c1c(I)cc(I)cc1I. The summed E-state index contributed by atoms with van der Waals surface area (Å²) in [6, 6.07) is 3.91. The number of esters is 1. The second-order valence-corrected chi connectivity index (χ2v) is 5.81. The zero-order valence-electron chi connectivity index (χ0n) is 6.61. The van der Waals surface area contributed by atoms with Crippen LogP contribution in [0.3, 0.4) is 0 Å². The molecule has 0 N–H and O–H groups in total. The summed E-state index contributed by atoms with van der Waals surface area (Å²) in [7, 11) is 1.40. The van der Waals surface area contributed by atoms with Crippen molar-refractivity contribution in [2.45, 2.75) is 0 Å². The molecular formula is C8H5I3O2. The van der Waals surface area contributed by atoms with E-state index in [9.17, 15) is 4.79 Å². The van der Waals surface area contributed by atoms with Crippen LogP contribution in [0.2, 0.25) is 0 Å². The Balaban J connectivity index is 3.28. The van der Waals surface area contributed by atoms with Crippen molar-refractivity contribution >= 4 is 73.7 Å². The smallest absolute Gasteiger partial charge is 0.340 e. The Labute approximate surface area is 117 Å². The minimum Gasteiger partial charge on any atom is -0.465 e. The van der Waals surface area contributed by atoms with E-state index in [0.717, 1.165) is 10.7 Å². The highest BCUT2D eigenvalue weighted by atomic mass is 127. The molecule has 0 aliphatic rings. The van der Waals surface area contributed by atoms with Crippen LogP contribution in [0.15, 0.2) is 12.1 Å². The van der Waals surface area contributed by atoms with Gasteiger partial charge in [-0.25, -0.2) is 4.79 Å². The molecule has 70 valence electrons. The molecule has 0 saturated heterocycles. The molecule has 13 heavy (non-hydrogen) atoms. The first-order valence-corrected chi connectivity index (χ1v) is 6.52. The number of carbonyl (C=O) groups is 1. The maximum absolute atomic E-state index is 11.3. The van der Waals surface area contributed by atoms with Crippen LogP contribution in [-0.2, 0) is 4.74 Å². The Bertz CT molecular complexity index is 326. The number of rotatable bonds is 1. The van der Waals surface area contributed by atoms with Crippen LogP contribution >= 0.6 is 67.8 Å². The van der Waals surface area contributed by atoms with Crippen LogP contribution in [0.4, 0.5) is 0 Å². The van der Waals surface area contributed by atoms with E-state index >= 15 is 0 Å². The third kappa shape index (κ3) is 2.91. The summed E-state index contributed by atoms with van der Waals surface area (Å²) in [4.78, 5) is 11.3. The van der Waals surface area contributed by atoms with Gasteiger partial charge in [-0.3, -0.25) is 0 Å². The van der Waals surface area contributed by atoms with Crippen LogP contribution in [0.1, 0.15) is 10.4 Å². The molecule has 5 heteroatoms. The van der Waals surface area contributed by atoms with Gasteiger partial charge in [-0.1, -0.05) is 0 Å². The zero-order valence-corrected chi connectivity index (χ0v) is 13.1. The lowest BCUT2D eigenvalue weighted by Crippen LogP contribution is -2.06. The third-order valence-electron chi connectivity index (χ3n) is 1.40.